The summed E-state index contributed by atoms with van der Waals surface area (Å²) < 4.78 is 11.5. The Hall–Kier alpha value is -4.38. The number of rotatable bonds is 8. The lowest BCUT2D eigenvalue weighted by Gasteiger charge is -2.13. The zero-order chi connectivity index (χ0) is 27.4. The number of aromatic nitrogens is 1. The van der Waals surface area contributed by atoms with Gasteiger partial charge in [0, 0.05) is 28.4 Å². The molecule has 196 valence electrons. The van der Waals surface area contributed by atoms with E-state index in [1.807, 2.05) is 24.3 Å². The number of hydrogen-bond donors (Lipinski definition) is 1. The molecule has 38 heavy (non-hydrogen) atoms. The highest BCUT2D eigenvalue weighted by atomic mass is 32.2. The molecule has 0 spiro atoms. The number of amides is 3. The Balaban J connectivity index is 1.52. The first-order valence-corrected chi connectivity index (χ1v) is 12.5. The maximum absolute atomic E-state index is 12.9. The third kappa shape index (κ3) is 5.94. The van der Waals surface area contributed by atoms with Crippen LogP contribution < -0.4 is 5.32 Å². The van der Waals surface area contributed by atoms with E-state index in [-0.39, 0.29) is 23.5 Å². The molecule has 0 bridgehead atoms. The topological polar surface area (TPSA) is 124 Å². The van der Waals surface area contributed by atoms with Crippen LogP contribution in [0.25, 0.3) is 17.0 Å². The van der Waals surface area contributed by atoms with Crippen LogP contribution in [0.5, 0.6) is 0 Å². The first-order chi connectivity index (χ1) is 18.2. The number of nitrogens with zero attached hydrogens (tertiary/aromatic N) is 2. The minimum absolute atomic E-state index is 0.0182. The minimum Gasteiger partial charge on any atom is -0.465 e. The number of anilines is 1. The van der Waals surface area contributed by atoms with Crippen molar-refractivity contribution in [2.45, 2.75) is 26.5 Å². The van der Waals surface area contributed by atoms with Gasteiger partial charge in [-0.15, -0.1) is 0 Å². The molecule has 0 saturated carbocycles. The molecule has 3 amide bonds. The summed E-state index contributed by atoms with van der Waals surface area (Å²) >= 11 is 0.745. The number of nitrogens with one attached hydrogen (secondary N) is 1. The molecule has 1 aliphatic heterocycles. The molecular formula is C27H25N3O7S. The largest absolute Gasteiger partial charge is 0.465 e. The second kappa shape index (κ2) is 11.3. The molecule has 10 nitrogen and oxygen atoms in total. The van der Waals surface area contributed by atoms with Crippen molar-refractivity contribution in [3.05, 3.63) is 70.8 Å². The summed E-state index contributed by atoms with van der Waals surface area (Å²) in [7, 11) is 1.29. The molecule has 1 N–H and O–H groups in total. The lowest BCUT2D eigenvalue weighted by molar-refractivity contribution is -0.149. The Morgan fingerprint density at radius 1 is 1.03 bits per heavy atom. The lowest BCUT2D eigenvalue weighted by atomic mass is 10.1. The van der Waals surface area contributed by atoms with Gasteiger partial charge in [-0.25, -0.2) is 4.79 Å². The third-order valence-corrected chi connectivity index (χ3v) is 6.45. The van der Waals surface area contributed by atoms with Gasteiger partial charge < -0.3 is 19.4 Å². The van der Waals surface area contributed by atoms with Crippen LogP contribution in [0.4, 0.5) is 10.5 Å². The molecule has 0 aliphatic carbocycles. The fourth-order valence-corrected chi connectivity index (χ4v) is 4.72. The molecule has 1 saturated heterocycles. The number of carbonyl (C=O) groups excluding carboxylic acids is 5. The predicted molar refractivity (Wildman–Crippen MR) is 142 cm³/mol. The van der Waals surface area contributed by atoms with E-state index in [1.165, 1.54) is 7.11 Å². The van der Waals surface area contributed by atoms with Crippen molar-refractivity contribution >= 4 is 63.4 Å². The van der Waals surface area contributed by atoms with Crippen LogP contribution in [-0.4, -0.2) is 58.2 Å². The number of carbonyl (C=O) groups is 5. The van der Waals surface area contributed by atoms with Crippen LogP contribution in [0, 0.1) is 0 Å². The minimum atomic E-state index is -0.661. The van der Waals surface area contributed by atoms with Crippen LogP contribution in [0.3, 0.4) is 0 Å². The van der Waals surface area contributed by atoms with Gasteiger partial charge >= 0.3 is 11.9 Å². The van der Waals surface area contributed by atoms with Gasteiger partial charge in [-0.3, -0.25) is 24.1 Å². The first kappa shape index (κ1) is 26.7. The smallest absolute Gasteiger partial charge is 0.337 e. The molecule has 2 heterocycles. The van der Waals surface area contributed by atoms with Crippen molar-refractivity contribution in [1.29, 1.82) is 0 Å². The molecule has 0 atom stereocenters. The summed E-state index contributed by atoms with van der Waals surface area (Å²) in [4.78, 5) is 62.7. The normalized spacial score (nSPS) is 14.4. The van der Waals surface area contributed by atoms with Gasteiger partial charge in [-0.1, -0.05) is 18.2 Å². The SMILES string of the molecule is COC(=O)c1ccc(NC(=O)Cn2cc(/C=C3\SC(=O)N(CC(=O)OC(C)C)C3=O)c3ccccc32)cc1. The summed E-state index contributed by atoms with van der Waals surface area (Å²) in [6.45, 7) is 2.89. The summed E-state index contributed by atoms with van der Waals surface area (Å²) in [6.07, 6.45) is 2.95. The maximum Gasteiger partial charge on any atom is 0.337 e. The average Bonchev–Trinajstić information content (AvgIpc) is 3.35. The number of benzene rings is 2. The summed E-state index contributed by atoms with van der Waals surface area (Å²) in [5.74, 6) is -2.01. The van der Waals surface area contributed by atoms with E-state index in [0.29, 0.717) is 16.8 Å². The van der Waals surface area contributed by atoms with E-state index in [0.717, 1.165) is 27.6 Å². The van der Waals surface area contributed by atoms with Crippen molar-refractivity contribution in [3.63, 3.8) is 0 Å². The van der Waals surface area contributed by atoms with E-state index in [1.54, 1.807) is 55.0 Å². The molecule has 0 unspecified atom stereocenters. The number of esters is 2. The highest BCUT2D eigenvalue weighted by molar-refractivity contribution is 8.18. The Morgan fingerprint density at radius 2 is 1.74 bits per heavy atom. The summed E-state index contributed by atoms with van der Waals surface area (Å²) in [5, 5.41) is 3.02. The van der Waals surface area contributed by atoms with Crippen LogP contribution in [-0.2, 0) is 30.4 Å². The number of ether oxygens (including phenoxy) is 2. The van der Waals surface area contributed by atoms with Crippen molar-refractivity contribution in [3.8, 4) is 0 Å². The van der Waals surface area contributed by atoms with Gasteiger partial charge in [0.05, 0.1) is 23.7 Å². The summed E-state index contributed by atoms with van der Waals surface area (Å²) in [5.41, 5.74) is 2.29. The van der Waals surface area contributed by atoms with Gasteiger partial charge in [0.1, 0.15) is 13.1 Å². The fraction of sp³-hybridized carbons (Fsp3) is 0.222. The van der Waals surface area contributed by atoms with Gasteiger partial charge in [0.25, 0.3) is 11.1 Å². The molecule has 1 aliphatic rings. The molecule has 2 aromatic carbocycles. The highest BCUT2D eigenvalue weighted by Crippen LogP contribution is 2.34. The standard InChI is InChI=1S/C27H25N3O7S/c1-16(2)37-24(32)15-30-25(33)22(38-27(30)35)12-18-13-29(21-7-5-4-6-20(18)21)14-23(31)28-19-10-8-17(9-11-19)26(34)36-3/h4-13,16H,14-15H2,1-3H3,(H,28,31)/b22-12-. The number of methoxy groups -OCH3 is 1. The van der Waals surface area contributed by atoms with Gasteiger partial charge in [0.15, 0.2) is 0 Å². The average molecular weight is 536 g/mol. The van der Waals surface area contributed by atoms with E-state index in [4.69, 9.17) is 4.74 Å². The molecule has 3 aromatic rings. The van der Waals surface area contributed by atoms with E-state index in [9.17, 15) is 24.0 Å². The number of fused-ring (bicyclic) bond motifs is 1. The zero-order valence-electron chi connectivity index (χ0n) is 20.9. The Labute approximate surface area is 222 Å². The van der Waals surface area contributed by atoms with Gasteiger partial charge in [-0.2, -0.15) is 0 Å². The Bertz CT molecular complexity index is 1460. The summed E-state index contributed by atoms with van der Waals surface area (Å²) in [6, 6.07) is 13.7. The molecule has 11 heteroatoms. The van der Waals surface area contributed by atoms with Crippen molar-refractivity contribution < 1.29 is 33.4 Å². The Morgan fingerprint density at radius 3 is 2.42 bits per heavy atom. The molecule has 1 aromatic heterocycles. The van der Waals surface area contributed by atoms with E-state index < -0.39 is 29.6 Å². The van der Waals surface area contributed by atoms with Gasteiger partial charge in [0.2, 0.25) is 5.91 Å². The zero-order valence-corrected chi connectivity index (χ0v) is 21.7. The number of hydrogen-bond acceptors (Lipinski definition) is 8. The van der Waals surface area contributed by atoms with Crippen LogP contribution in [0.15, 0.2) is 59.6 Å². The second-order valence-electron chi connectivity index (χ2n) is 8.65. The number of thioether (sulfide) groups is 1. The van der Waals surface area contributed by atoms with Crippen LogP contribution in [0.2, 0.25) is 0 Å². The van der Waals surface area contributed by atoms with Crippen molar-refractivity contribution in [2.24, 2.45) is 0 Å². The van der Waals surface area contributed by atoms with Gasteiger partial charge in [-0.05, 0) is 62.0 Å². The third-order valence-electron chi connectivity index (χ3n) is 5.54. The van der Waals surface area contributed by atoms with Crippen molar-refractivity contribution in [1.82, 2.24) is 9.47 Å². The molecular weight excluding hydrogens is 510 g/mol. The fourth-order valence-electron chi connectivity index (χ4n) is 3.89. The quantitative estimate of drug-likeness (QED) is 0.338. The lowest BCUT2D eigenvalue weighted by Crippen LogP contribution is -2.35. The molecule has 0 radical (unpaired) electrons. The maximum atomic E-state index is 12.9. The Kier molecular flexibility index (Phi) is 7.96. The van der Waals surface area contributed by atoms with E-state index >= 15 is 0 Å². The van der Waals surface area contributed by atoms with Crippen LogP contribution in [0.1, 0.15) is 29.8 Å². The molecule has 1 fully saturated rings. The highest BCUT2D eigenvalue weighted by Gasteiger charge is 2.37. The molecule has 4 rings (SSSR count). The van der Waals surface area contributed by atoms with Crippen LogP contribution >= 0.6 is 11.8 Å². The predicted octanol–water partition coefficient (Wildman–Crippen LogP) is 4.05. The second-order valence-corrected chi connectivity index (χ2v) is 9.65. The number of para-hydroxylation sites is 1. The first-order valence-electron chi connectivity index (χ1n) is 11.7. The van der Waals surface area contributed by atoms with E-state index in [2.05, 4.69) is 10.1 Å². The number of imide groups is 1. The monoisotopic (exact) mass is 535 g/mol. The van der Waals surface area contributed by atoms with Crippen molar-refractivity contribution in [2.75, 3.05) is 19.0 Å².